The summed E-state index contributed by atoms with van der Waals surface area (Å²) in [7, 11) is 0.711. The topological polar surface area (TPSA) is 46.6 Å². The summed E-state index contributed by atoms with van der Waals surface area (Å²) in [4.78, 5) is 2.66. The third-order valence-electron chi connectivity index (χ3n) is 7.61. The molecule has 0 amide bonds. The van der Waals surface area contributed by atoms with E-state index in [0.717, 1.165) is 46.6 Å². The van der Waals surface area contributed by atoms with Gasteiger partial charge in [0.2, 0.25) is 0 Å². The molecule has 0 saturated heterocycles. The molecule has 1 aliphatic heterocycles. The van der Waals surface area contributed by atoms with Gasteiger partial charge in [0, 0.05) is 6.04 Å². The molecule has 2 aromatic rings. The van der Waals surface area contributed by atoms with Crippen LogP contribution in [0.5, 0.6) is 5.75 Å². The Kier molecular flexibility index (Phi) is 5.67. The van der Waals surface area contributed by atoms with Gasteiger partial charge in [-0.25, -0.2) is 8.42 Å². The molecule has 0 spiro atoms. The largest absolute Gasteiger partial charge is 0.493 e. The lowest BCUT2D eigenvalue weighted by molar-refractivity contribution is 0.209. The monoisotopic (exact) mass is 451 g/mol. The zero-order chi connectivity index (χ0) is 22.5. The van der Waals surface area contributed by atoms with E-state index in [1.807, 2.05) is 30.3 Å². The van der Waals surface area contributed by atoms with Crippen molar-refractivity contribution >= 4 is 21.0 Å². The van der Waals surface area contributed by atoms with Gasteiger partial charge in [-0.15, -0.1) is 0 Å². The standard InChI is InChI=1S/C27H33NO3S/c1-18(28(2)3)15-24-23-16-20(31-17-19-9-5-4-6-10-19)13-14-21(23)27-26(24)22-11-7-8-12-25(22)32(27,29)30/h7-8,11-14,16,18-19,27H,4-6,9-10,15,17H2,1-3H3. The number of benzene rings is 2. The van der Waals surface area contributed by atoms with E-state index in [1.165, 1.54) is 32.1 Å². The molecule has 0 N–H and O–H groups in total. The average Bonchev–Trinajstić information content (AvgIpc) is 3.24. The van der Waals surface area contributed by atoms with Crippen molar-refractivity contribution < 1.29 is 13.2 Å². The minimum absolute atomic E-state index is 0.298. The third kappa shape index (κ3) is 3.60. The summed E-state index contributed by atoms with van der Waals surface area (Å²) < 4.78 is 33.3. The van der Waals surface area contributed by atoms with Crippen molar-refractivity contribution in [2.75, 3.05) is 20.7 Å². The maximum absolute atomic E-state index is 13.5. The third-order valence-corrected chi connectivity index (χ3v) is 9.68. The fourth-order valence-electron chi connectivity index (χ4n) is 5.53. The molecule has 32 heavy (non-hydrogen) atoms. The maximum Gasteiger partial charge on any atom is 0.190 e. The van der Waals surface area contributed by atoms with Crippen LogP contribution in [-0.4, -0.2) is 40.1 Å². The Bertz CT molecular complexity index is 1160. The van der Waals surface area contributed by atoms with Gasteiger partial charge in [-0.1, -0.05) is 43.5 Å². The molecule has 2 unspecified atom stereocenters. The predicted octanol–water partition coefficient (Wildman–Crippen LogP) is 5.74. The average molecular weight is 452 g/mol. The first-order valence-electron chi connectivity index (χ1n) is 11.9. The minimum Gasteiger partial charge on any atom is -0.493 e. The first kappa shape index (κ1) is 21.7. The molecule has 0 aromatic heterocycles. The van der Waals surface area contributed by atoms with Gasteiger partial charge >= 0.3 is 0 Å². The van der Waals surface area contributed by atoms with Crippen LogP contribution < -0.4 is 4.74 Å². The SMILES string of the molecule is CC(CC1=C2c3ccccc3S(=O)(=O)C2c2ccc(OCC3CCCCC3)cc21)N(C)C. The van der Waals surface area contributed by atoms with Gasteiger partial charge in [0.25, 0.3) is 0 Å². The molecule has 5 heteroatoms. The molecule has 170 valence electrons. The summed E-state index contributed by atoms with van der Waals surface area (Å²) in [5, 5.41) is -0.591. The first-order valence-corrected chi connectivity index (χ1v) is 13.4. The summed E-state index contributed by atoms with van der Waals surface area (Å²) in [5.74, 6) is 1.49. The summed E-state index contributed by atoms with van der Waals surface area (Å²) >= 11 is 0. The van der Waals surface area contributed by atoms with Gasteiger partial charge < -0.3 is 9.64 Å². The van der Waals surface area contributed by atoms with Gasteiger partial charge in [-0.3, -0.25) is 0 Å². The van der Waals surface area contributed by atoms with Crippen LogP contribution in [0.1, 0.15) is 67.4 Å². The highest BCUT2D eigenvalue weighted by atomic mass is 32.2. The first-order chi connectivity index (χ1) is 15.4. The predicted molar refractivity (Wildman–Crippen MR) is 129 cm³/mol. The second-order valence-electron chi connectivity index (χ2n) is 9.89. The number of ether oxygens (including phenoxy) is 1. The number of nitrogens with zero attached hydrogens (tertiary/aromatic N) is 1. The van der Waals surface area contributed by atoms with Crippen LogP contribution in [0.25, 0.3) is 11.1 Å². The van der Waals surface area contributed by atoms with Crippen molar-refractivity contribution in [2.24, 2.45) is 5.92 Å². The minimum atomic E-state index is -3.44. The molecule has 5 rings (SSSR count). The van der Waals surface area contributed by atoms with Gasteiger partial charge in [0.15, 0.2) is 9.84 Å². The zero-order valence-corrected chi connectivity index (χ0v) is 20.1. The Balaban J connectivity index is 1.56. The van der Waals surface area contributed by atoms with E-state index < -0.39 is 15.1 Å². The van der Waals surface area contributed by atoms with Crippen molar-refractivity contribution in [1.82, 2.24) is 4.90 Å². The maximum atomic E-state index is 13.5. The molecule has 4 nitrogen and oxygen atoms in total. The van der Waals surface area contributed by atoms with Crippen LogP contribution in [0.3, 0.4) is 0 Å². The molecule has 0 radical (unpaired) electrons. The Hall–Kier alpha value is -2.11. The lowest BCUT2D eigenvalue weighted by atomic mass is 9.90. The van der Waals surface area contributed by atoms with Crippen LogP contribution in [0.15, 0.2) is 47.4 Å². The van der Waals surface area contributed by atoms with Crippen molar-refractivity contribution in [3.05, 3.63) is 59.2 Å². The molecule has 2 atom stereocenters. The molecule has 2 aliphatic carbocycles. The van der Waals surface area contributed by atoms with E-state index >= 15 is 0 Å². The number of hydrogen-bond donors (Lipinski definition) is 0. The smallest absolute Gasteiger partial charge is 0.190 e. The number of hydrogen-bond acceptors (Lipinski definition) is 4. The van der Waals surface area contributed by atoms with Gasteiger partial charge in [0.1, 0.15) is 11.0 Å². The highest BCUT2D eigenvalue weighted by molar-refractivity contribution is 7.92. The van der Waals surface area contributed by atoms with Crippen molar-refractivity contribution in [3.8, 4) is 5.75 Å². The highest BCUT2D eigenvalue weighted by Crippen LogP contribution is 2.58. The Morgan fingerprint density at radius 1 is 1.03 bits per heavy atom. The Morgan fingerprint density at radius 3 is 2.53 bits per heavy atom. The summed E-state index contributed by atoms with van der Waals surface area (Å²) in [6, 6.07) is 13.8. The van der Waals surface area contributed by atoms with Crippen LogP contribution in [0.4, 0.5) is 0 Å². The molecule has 2 aromatic carbocycles. The fraction of sp³-hybridized carbons (Fsp3) is 0.481. The highest BCUT2D eigenvalue weighted by Gasteiger charge is 2.48. The molecule has 1 saturated carbocycles. The number of rotatable bonds is 6. The zero-order valence-electron chi connectivity index (χ0n) is 19.3. The normalized spacial score (nSPS) is 22.6. The summed E-state index contributed by atoms with van der Waals surface area (Å²) in [6.07, 6.45) is 7.25. The van der Waals surface area contributed by atoms with Crippen LogP contribution in [-0.2, 0) is 9.84 Å². The second kappa shape index (κ2) is 8.35. The van der Waals surface area contributed by atoms with Crippen LogP contribution in [0, 0.1) is 5.92 Å². The fourth-order valence-corrected chi connectivity index (χ4v) is 7.66. The van der Waals surface area contributed by atoms with Crippen LogP contribution >= 0.6 is 0 Å². The lowest BCUT2D eigenvalue weighted by Gasteiger charge is -2.23. The molecular formula is C27H33NO3S. The summed E-state index contributed by atoms with van der Waals surface area (Å²) in [6.45, 7) is 2.95. The van der Waals surface area contributed by atoms with E-state index in [1.54, 1.807) is 6.07 Å². The summed E-state index contributed by atoms with van der Waals surface area (Å²) in [5.41, 5.74) is 4.97. The van der Waals surface area contributed by atoms with E-state index in [-0.39, 0.29) is 0 Å². The van der Waals surface area contributed by atoms with Crippen molar-refractivity contribution in [1.29, 1.82) is 0 Å². The van der Waals surface area contributed by atoms with Gasteiger partial charge in [-0.05, 0) is 92.2 Å². The Labute approximate surface area is 192 Å². The Morgan fingerprint density at radius 2 is 1.78 bits per heavy atom. The van der Waals surface area contributed by atoms with Crippen molar-refractivity contribution in [3.63, 3.8) is 0 Å². The van der Waals surface area contributed by atoms with E-state index in [4.69, 9.17) is 4.74 Å². The molecule has 0 bridgehead atoms. The number of sulfone groups is 1. The molecule has 1 fully saturated rings. The molecule has 1 heterocycles. The number of fused-ring (bicyclic) bond motifs is 5. The lowest BCUT2D eigenvalue weighted by Crippen LogP contribution is -2.24. The van der Waals surface area contributed by atoms with Gasteiger partial charge in [0.05, 0.1) is 11.5 Å². The van der Waals surface area contributed by atoms with Crippen molar-refractivity contribution in [2.45, 2.75) is 61.6 Å². The van der Waals surface area contributed by atoms with Crippen LogP contribution in [0.2, 0.25) is 0 Å². The molecule has 3 aliphatic rings. The van der Waals surface area contributed by atoms with E-state index in [2.05, 4.69) is 32.0 Å². The quantitative estimate of drug-likeness (QED) is 0.562. The second-order valence-corrected chi connectivity index (χ2v) is 11.9. The molecular weight excluding hydrogens is 418 g/mol. The van der Waals surface area contributed by atoms with E-state index in [0.29, 0.717) is 16.9 Å². The van der Waals surface area contributed by atoms with Gasteiger partial charge in [-0.2, -0.15) is 0 Å². The van der Waals surface area contributed by atoms with E-state index in [9.17, 15) is 8.42 Å².